The zero-order valence-corrected chi connectivity index (χ0v) is 14.8. The van der Waals surface area contributed by atoms with E-state index >= 15 is 0 Å². The number of nitrogens with zero attached hydrogens (tertiary/aromatic N) is 2. The second-order valence-corrected chi connectivity index (χ2v) is 6.14. The Hall–Kier alpha value is -2.06. The van der Waals surface area contributed by atoms with E-state index in [-0.39, 0.29) is 18.9 Å². The molecule has 1 heterocycles. The first-order valence-corrected chi connectivity index (χ1v) is 8.14. The lowest BCUT2D eigenvalue weighted by molar-refractivity contribution is -0.0504. The van der Waals surface area contributed by atoms with Gasteiger partial charge in [-0.2, -0.15) is 8.78 Å². The van der Waals surface area contributed by atoms with E-state index in [1.54, 1.807) is 28.8 Å². The van der Waals surface area contributed by atoms with Crippen LogP contribution in [0.15, 0.2) is 40.9 Å². The van der Waals surface area contributed by atoms with Gasteiger partial charge in [0.15, 0.2) is 0 Å². The van der Waals surface area contributed by atoms with Crippen LogP contribution in [0.2, 0.25) is 0 Å². The smallest absolute Gasteiger partial charge is 0.387 e. The normalized spacial score (nSPS) is 11.4. The van der Waals surface area contributed by atoms with Crippen LogP contribution in [0, 0.1) is 5.82 Å². The average molecular weight is 415 g/mol. The molecular formula is C17H14BrF3N2O2. The first kappa shape index (κ1) is 17.8. The predicted octanol–water partition coefficient (Wildman–Crippen LogP) is 4.73. The minimum absolute atomic E-state index is 0.0869. The zero-order valence-electron chi connectivity index (χ0n) is 13.2. The highest BCUT2D eigenvalue weighted by Crippen LogP contribution is 2.28. The lowest BCUT2D eigenvalue weighted by Crippen LogP contribution is -2.09. The van der Waals surface area contributed by atoms with E-state index in [9.17, 15) is 13.2 Å². The SMILES string of the molecule is COCc1nc2cc(F)c(Br)cc2n1Cc1ccccc1OC(F)F. The third kappa shape index (κ3) is 3.80. The Balaban J connectivity index is 2.09. The van der Waals surface area contributed by atoms with Crippen molar-refractivity contribution in [2.45, 2.75) is 19.8 Å². The highest BCUT2D eigenvalue weighted by Gasteiger charge is 2.16. The molecule has 0 aliphatic carbocycles. The van der Waals surface area contributed by atoms with Crippen molar-refractivity contribution in [3.63, 3.8) is 0 Å². The van der Waals surface area contributed by atoms with Gasteiger partial charge < -0.3 is 14.0 Å². The quantitative estimate of drug-likeness (QED) is 0.584. The number of alkyl halides is 2. The molecule has 0 aliphatic heterocycles. The van der Waals surface area contributed by atoms with Gasteiger partial charge in [-0.05, 0) is 28.1 Å². The number of halogens is 4. The highest BCUT2D eigenvalue weighted by atomic mass is 79.9. The van der Waals surface area contributed by atoms with Gasteiger partial charge in [0.05, 0.1) is 22.1 Å². The summed E-state index contributed by atoms with van der Waals surface area (Å²) in [6, 6.07) is 9.45. The topological polar surface area (TPSA) is 36.3 Å². The standard InChI is InChI=1S/C17H14BrF3N2O2/c1-24-9-16-22-13-7-12(19)11(18)6-14(13)23(16)8-10-4-2-3-5-15(10)25-17(20)21/h2-7,17H,8-9H2,1H3. The van der Waals surface area contributed by atoms with Gasteiger partial charge in [-0.1, -0.05) is 18.2 Å². The summed E-state index contributed by atoms with van der Waals surface area (Å²) in [6.07, 6.45) is 0. The molecule has 0 radical (unpaired) electrons. The molecule has 3 rings (SSSR count). The first-order valence-electron chi connectivity index (χ1n) is 7.35. The van der Waals surface area contributed by atoms with E-state index in [2.05, 4.69) is 25.7 Å². The number of fused-ring (bicyclic) bond motifs is 1. The van der Waals surface area contributed by atoms with Gasteiger partial charge in [0, 0.05) is 18.7 Å². The van der Waals surface area contributed by atoms with Crippen molar-refractivity contribution in [1.82, 2.24) is 9.55 Å². The Bertz CT molecular complexity index is 899. The lowest BCUT2D eigenvalue weighted by Gasteiger charge is -2.13. The van der Waals surface area contributed by atoms with E-state index < -0.39 is 12.4 Å². The molecule has 0 spiro atoms. The number of rotatable bonds is 6. The van der Waals surface area contributed by atoms with Crippen molar-refractivity contribution in [2.75, 3.05) is 7.11 Å². The van der Waals surface area contributed by atoms with Crippen LogP contribution in [0.3, 0.4) is 0 Å². The van der Waals surface area contributed by atoms with Gasteiger partial charge in [-0.3, -0.25) is 0 Å². The summed E-state index contributed by atoms with van der Waals surface area (Å²) in [5.41, 5.74) is 1.67. The summed E-state index contributed by atoms with van der Waals surface area (Å²) >= 11 is 3.16. The molecule has 0 amide bonds. The van der Waals surface area contributed by atoms with Crippen molar-refractivity contribution in [3.05, 3.63) is 58.1 Å². The molecular weight excluding hydrogens is 401 g/mol. The van der Waals surface area contributed by atoms with E-state index in [1.807, 2.05) is 0 Å². The van der Waals surface area contributed by atoms with Gasteiger partial charge in [0.25, 0.3) is 0 Å². The Morgan fingerprint density at radius 2 is 2.00 bits per heavy atom. The molecule has 1 aromatic heterocycles. The molecule has 0 N–H and O–H groups in total. The number of hydrogen-bond donors (Lipinski definition) is 0. The van der Waals surface area contributed by atoms with Crippen LogP contribution in [-0.2, 0) is 17.9 Å². The number of imidazole rings is 1. The van der Waals surface area contributed by atoms with Crippen molar-refractivity contribution < 1.29 is 22.6 Å². The molecule has 0 saturated carbocycles. The third-order valence-electron chi connectivity index (χ3n) is 3.66. The van der Waals surface area contributed by atoms with Crippen molar-refractivity contribution >= 4 is 27.0 Å². The molecule has 132 valence electrons. The molecule has 0 atom stereocenters. The molecule has 8 heteroatoms. The molecule has 3 aromatic rings. The highest BCUT2D eigenvalue weighted by molar-refractivity contribution is 9.10. The van der Waals surface area contributed by atoms with Crippen LogP contribution < -0.4 is 4.74 Å². The number of ether oxygens (including phenoxy) is 2. The van der Waals surface area contributed by atoms with Gasteiger partial charge in [-0.15, -0.1) is 0 Å². The number of hydrogen-bond acceptors (Lipinski definition) is 3. The molecule has 0 aliphatic rings. The largest absolute Gasteiger partial charge is 0.434 e. The van der Waals surface area contributed by atoms with Crippen molar-refractivity contribution in [2.24, 2.45) is 0 Å². The van der Waals surface area contributed by atoms with Crippen LogP contribution in [0.25, 0.3) is 11.0 Å². The second kappa shape index (κ2) is 7.45. The van der Waals surface area contributed by atoms with Crippen molar-refractivity contribution in [3.8, 4) is 5.75 Å². The average Bonchev–Trinajstić information content (AvgIpc) is 2.87. The van der Waals surface area contributed by atoms with E-state index in [0.717, 1.165) is 0 Å². The third-order valence-corrected chi connectivity index (χ3v) is 4.27. The summed E-state index contributed by atoms with van der Waals surface area (Å²) in [6.45, 7) is -2.48. The summed E-state index contributed by atoms with van der Waals surface area (Å²) in [7, 11) is 1.52. The lowest BCUT2D eigenvalue weighted by atomic mass is 10.2. The Morgan fingerprint density at radius 3 is 2.72 bits per heavy atom. The molecule has 0 bridgehead atoms. The molecule has 4 nitrogen and oxygen atoms in total. The predicted molar refractivity (Wildman–Crippen MR) is 90.3 cm³/mol. The van der Waals surface area contributed by atoms with Crippen LogP contribution in [0.1, 0.15) is 11.4 Å². The summed E-state index contributed by atoms with van der Waals surface area (Å²) in [5.74, 6) is 0.216. The van der Waals surface area contributed by atoms with E-state index in [1.165, 1.54) is 19.2 Å². The van der Waals surface area contributed by atoms with Gasteiger partial charge in [0.2, 0.25) is 0 Å². The number of methoxy groups -OCH3 is 1. The second-order valence-electron chi connectivity index (χ2n) is 5.29. The maximum absolute atomic E-state index is 13.8. The Kier molecular flexibility index (Phi) is 5.29. The number of benzene rings is 2. The maximum Gasteiger partial charge on any atom is 0.387 e. The fourth-order valence-electron chi connectivity index (χ4n) is 2.60. The number of para-hydroxylation sites is 1. The Labute approximate surface area is 150 Å². The minimum Gasteiger partial charge on any atom is -0.434 e. The molecule has 25 heavy (non-hydrogen) atoms. The fourth-order valence-corrected chi connectivity index (χ4v) is 2.93. The maximum atomic E-state index is 13.8. The molecule has 2 aromatic carbocycles. The first-order chi connectivity index (χ1) is 12.0. The fraction of sp³-hybridized carbons (Fsp3) is 0.235. The van der Waals surface area contributed by atoms with Gasteiger partial charge in [-0.25, -0.2) is 9.37 Å². The van der Waals surface area contributed by atoms with Crippen LogP contribution in [0.5, 0.6) is 5.75 Å². The molecule has 0 saturated heterocycles. The van der Waals surface area contributed by atoms with Crippen LogP contribution in [0.4, 0.5) is 13.2 Å². The number of aromatic nitrogens is 2. The monoisotopic (exact) mass is 414 g/mol. The molecule has 0 fully saturated rings. The minimum atomic E-state index is -2.91. The van der Waals surface area contributed by atoms with Crippen molar-refractivity contribution in [1.29, 1.82) is 0 Å². The van der Waals surface area contributed by atoms with Crippen LogP contribution in [-0.4, -0.2) is 23.3 Å². The summed E-state index contributed by atoms with van der Waals surface area (Å²) in [4.78, 5) is 4.38. The van der Waals surface area contributed by atoms with E-state index in [4.69, 9.17) is 4.74 Å². The Morgan fingerprint density at radius 1 is 1.24 bits per heavy atom. The van der Waals surface area contributed by atoms with Gasteiger partial charge in [0.1, 0.15) is 24.0 Å². The molecule has 0 unspecified atom stereocenters. The van der Waals surface area contributed by atoms with Crippen LogP contribution >= 0.6 is 15.9 Å². The van der Waals surface area contributed by atoms with E-state index in [0.29, 0.717) is 26.9 Å². The summed E-state index contributed by atoms with van der Waals surface area (Å²) < 4.78 is 50.8. The zero-order chi connectivity index (χ0) is 18.0. The summed E-state index contributed by atoms with van der Waals surface area (Å²) in [5, 5.41) is 0. The van der Waals surface area contributed by atoms with Gasteiger partial charge >= 0.3 is 6.61 Å².